The molecule has 1 fully saturated rings. The molecule has 0 spiro atoms. The number of hydrogen-bond donors (Lipinski definition) is 2. The molecule has 20 heavy (non-hydrogen) atoms. The molecule has 2 unspecified atom stereocenters. The second-order valence-electron chi connectivity index (χ2n) is 5.32. The van der Waals surface area contributed by atoms with Crippen LogP contribution in [0.4, 0.5) is 0 Å². The van der Waals surface area contributed by atoms with Crippen LogP contribution in [-0.4, -0.2) is 23.7 Å². The maximum atomic E-state index is 12.4. The van der Waals surface area contributed by atoms with Crippen molar-refractivity contribution in [2.45, 2.75) is 45.1 Å². The van der Waals surface area contributed by atoms with E-state index in [9.17, 15) is 4.79 Å². The zero-order valence-electron chi connectivity index (χ0n) is 11.8. The fourth-order valence-electron chi connectivity index (χ4n) is 2.66. The van der Waals surface area contributed by atoms with Crippen LogP contribution >= 0.6 is 11.3 Å². The summed E-state index contributed by atoms with van der Waals surface area (Å²) >= 11 is 1.41. The fraction of sp³-hybridized carbons (Fsp3) is 0.562. The van der Waals surface area contributed by atoms with Gasteiger partial charge in [0.1, 0.15) is 11.5 Å². The summed E-state index contributed by atoms with van der Waals surface area (Å²) in [6.45, 7) is 2.04. The molecule has 0 aliphatic heterocycles. The molecule has 0 saturated heterocycles. The highest BCUT2D eigenvalue weighted by Crippen LogP contribution is 2.24. The van der Waals surface area contributed by atoms with Crippen LogP contribution in [0.2, 0.25) is 0 Å². The average molecular weight is 291 g/mol. The van der Waals surface area contributed by atoms with Gasteiger partial charge >= 0.3 is 0 Å². The largest absolute Gasteiger partial charge is 0.384 e. The van der Waals surface area contributed by atoms with Gasteiger partial charge in [0.15, 0.2) is 0 Å². The Kier molecular flexibility index (Phi) is 5.63. The minimum atomic E-state index is -0.184. The van der Waals surface area contributed by atoms with Crippen LogP contribution in [-0.2, 0) is 0 Å². The van der Waals surface area contributed by atoms with Gasteiger partial charge in [-0.3, -0.25) is 4.79 Å². The number of nitrogens with one attached hydrogen (secondary N) is 1. The summed E-state index contributed by atoms with van der Waals surface area (Å²) in [6.07, 6.45) is 5.97. The lowest BCUT2D eigenvalue weighted by Crippen LogP contribution is -2.38. The van der Waals surface area contributed by atoms with Crippen molar-refractivity contribution in [1.29, 1.82) is 0 Å². The maximum Gasteiger partial charge on any atom is 0.262 e. The van der Waals surface area contributed by atoms with E-state index in [2.05, 4.69) is 24.1 Å². The first-order chi connectivity index (χ1) is 9.72. The lowest BCUT2D eigenvalue weighted by atomic mass is 9.97. The van der Waals surface area contributed by atoms with Crippen molar-refractivity contribution in [2.24, 2.45) is 5.92 Å². The van der Waals surface area contributed by atoms with Crippen molar-refractivity contribution in [2.75, 3.05) is 6.61 Å². The molecule has 2 rings (SSSR count). The Labute approximate surface area is 124 Å². The minimum absolute atomic E-state index is 0.0269. The molecule has 1 aromatic rings. The monoisotopic (exact) mass is 291 g/mol. The summed E-state index contributed by atoms with van der Waals surface area (Å²) in [5.74, 6) is 5.94. The number of rotatable bonds is 2. The first-order valence-electron chi connectivity index (χ1n) is 7.20. The molecule has 1 saturated carbocycles. The molecule has 1 aliphatic carbocycles. The normalized spacial score (nSPS) is 22.5. The molecule has 1 amide bonds. The van der Waals surface area contributed by atoms with Crippen molar-refractivity contribution in [1.82, 2.24) is 5.32 Å². The number of carbonyl (C=O) groups excluding carboxylic acids is 1. The topological polar surface area (TPSA) is 49.3 Å². The summed E-state index contributed by atoms with van der Waals surface area (Å²) in [5.41, 5.74) is 0.711. The van der Waals surface area contributed by atoms with Crippen LogP contribution in [0.1, 0.15) is 54.3 Å². The Morgan fingerprint density at radius 2 is 2.25 bits per heavy atom. The first-order valence-corrected chi connectivity index (χ1v) is 8.08. The second kappa shape index (κ2) is 7.47. The van der Waals surface area contributed by atoms with E-state index < -0.39 is 0 Å². The minimum Gasteiger partial charge on any atom is -0.384 e. The Morgan fingerprint density at radius 3 is 3.05 bits per heavy atom. The van der Waals surface area contributed by atoms with Gasteiger partial charge in [-0.25, -0.2) is 0 Å². The Balaban J connectivity index is 2.06. The smallest absolute Gasteiger partial charge is 0.262 e. The van der Waals surface area contributed by atoms with Gasteiger partial charge in [-0.15, -0.1) is 11.3 Å². The zero-order valence-corrected chi connectivity index (χ0v) is 12.6. The molecule has 4 heteroatoms. The highest BCUT2D eigenvalue weighted by Gasteiger charge is 2.23. The summed E-state index contributed by atoms with van der Waals surface area (Å²) in [4.78, 5) is 13.0. The maximum absolute atomic E-state index is 12.4. The number of aliphatic hydroxyl groups excluding tert-OH is 1. The standard InChI is InChI=1S/C16H21NO2S/c1-12-6-3-2-4-8-14(12)17-16(19)15-13(7-5-10-18)9-11-20-15/h9,11-12,14,18H,2-4,6,8,10H2,1H3,(H,17,19). The Bertz CT molecular complexity index is 512. The van der Waals surface area contributed by atoms with Gasteiger partial charge in [0.2, 0.25) is 0 Å². The predicted molar refractivity (Wildman–Crippen MR) is 81.8 cm³/mol. The van der Waals surface area contributed by atoms with Crippen molar-refractivity contribution < 1.29 is 9.90 Å². The predicted octanol–water partition coefficient (Wildman–Crippen LogP) is 2.79. The van der Waals surface area contributed by atoms with Crippen molar-refractivity contribution in [3.8, 4) is 11.8 Å². The summed E-state index contributed by atoms with van der Waals surface area (Å²) in [5, 5.41) is 13.8. The van der Waals surface area contributed by atoms with Crippen LogP contribution in [0.3, 0.4) is 0 Å². The molecule has 3 nitrogen and oxygen atoms in total. The number of carbonyl (C=O) groups is 1. The van der Waals surface area contributed by atoms with Crippen molar-refractivity contribution in [3.63, 3.8) is 0 Å². The lowest BCUT2D eigenvalue weighted by molar-refractivity contribution is 0.0925. The molecule has 1 aliphatic rings. The number of amides is 1. The highest BCUT2D eigenvalue weighted by atomic mass is 32.1. The quantitative estimate of drug-likeness (QED) is 0.650. The Hall–Kier alpha value is -1.31. The average Bonchev–Trinajstić information content (AvgIpc) is 2.82. The van der Waals surface area contributed by atoms with E-state index in [0.29, 0.717) is 16.4 Å². The van der Waals surface area contributed by atoms with Crippen LogP contribution in [0.15, 0.2) is 11.4 Å². The van der Waals surface area contributed by atoms with E-state index in [-0.39, 0.29) is 18.6 Å². The second-order valence-corrected chi connectivity index (χ2v) is 6.23. The van der Waals surface area contributed by atoms with Gasteiger partial charge in [-0.05, 0) is 30.2 Å². The molecule has 2 N–H and O–H groups in total. The van der Waals surface area contributed by atoms with Crippen LogP contribution in [0.5, 0.6) is 0 Å². The van der Waals surface area contributed by atoms with Crippen molar-refractivity contribution >= 4 is 17.2 Å². The van der Waals surface area contributed by atoms with E-state index in [1.807, 2.05) is 11.4 Å². The molecule has 2 atom stereocenters. The molecular formula is C16H21NO2S. The van der Waals surface area contributed by atoms with E-state index in [4.69, 9.17) is 5.11 Å². The molecule has 0 bridgehead atoms. The fourth-order valence-corrected chi connectivity index (χ4v) is 3.41. The molecule has 1 aromatic heterocycles. The third-order valence-electron chi connectivity index (χ3n) is 3.85. The molecular weight excluding hydrogens is 270 g/mol. The Morgan fingerprint density at radius 1 is 1.45 bits per heavy atom. The van der Waals surface area contributed by atoms with E-state index in [1.54, 1.807) is 0 Å². The third kappa shape index (κ3) is 3.84. The molecule has 0 aromatic carbocycles. The van der Waals surface area contributed by atoms with E-state index >= 15 is 0 Å². The van der Waals surface area contributed by atoms with E-state index in [0.717, 1.165) is 6.42 Å². The van der Waals surface area contributed by atoms with Gasteiger partial charge < -0.3 is 10.4 Å². The van der Waals surface area contributed by atoms with Gasteiger partial charge in [0.05, 0.1) is 0 Å². The van der Waals surface area contributed by atoms with Gasteiger partial charge in [-0.1, -0.05) is 38.0 Å². The lowest BCUT2D eigenvalue weighted by Gasteiger charge is -2.22. The number of aliphatic hydroxyl groups is 1. The van der Waals surface area contributed by atoms with Gasteiger partial charge in [0.25, 0.3) is 5.91 Å². The highest BCUT2D eigenvalue weighted by molar-refractivity contribution is 7.12. The van der Waals surface area contributed by atoms with Crippen LogP contribution < -0.4 is 5.32 Å². The van der Waals surface area contributed by atoms with E-state index in [1.165, 1.54) is 37.0 Å². The third-order valence-corrected chi connectivity index (χ3v) is 4.76. The summed E-state index contributed by atoms with van der Waals surface area (Å²) < 4.78 is 0. The summed E-state index contributed by atoms with van der Waals surface area (Å²) in [6, 6.07) is 2.10. The van der Waals surface area contributed by atoms with Crippen molar-refractivity contribution in [3.05, 3.63) is 21.9 Å². The van der Waals surface area contributed by atoms with Gasteiger partial charge in [-0.2, -0.15) is 0 Å². The SMILES string of the molecule is CC1CCCCCC1NC(=O)c1sccc1C#CCO. The zero-order chi connectivity index (χ0) is 14.4. The number of hydrogen-bond acceptors (Lipinski definition) is 3. The summed E-state index contributed by atoms with van der Waals surface area (Å²) in [7, 11) is 0. The number of thiophene rings is 1. The van der Waals surface area contributed by atoms with Crippen LogP contribution in [0.25, 0.3) is 0 Å². The molecule has 0 radical (unpaired) electrons. The molecule has 1 heterocycles. The first kappa shape index (κ1) is 15.1. The molecule has 108 valence electrons. The van der Waals surface area contributed by atoms with Crippen LogP contribution in [0, 0.1) is 17.8 Å². The van der Waals surface area contributed by atoms with Gasteiger partial charge in [0, 0.05) is 11.6 Å².